The van der Waals surface area contributed by atoms with Crippen molar-refractivity contribution in [2.45, 2.75) is 25.8 Å². The zero-order chi connectivity index (χ0) is 16.7. The summed E-state index contributed by atoms with van der Waals surface area (Å²) in [6.45, 7) is 3.54. The molecule has 4 heterocycles. The predicted molar refractivity (Wildman–Crippen MR) is 85.2 cm³/mol. The van der Waals surface area contributed by atoms with E-state index < -0.39 is 5.97 Å². The number of carboxylic acids is 1. The number of anilines is 1. The summed E-state index contributed by atoms with van der Waals surface area (Å²) in [5.74, 6) is -0.425. The van der Waals surface area contributed by atoms with Crippen LogP contribution in [0.4, 0.5) is 5.95 Å². The number of hydrogen-bond donors (Lipinski definition) is 1. The fourth-order valence-corrected chi connectivity index (χ4v) is 3.21. The van der Waals surface area contributed by atoms with Crippen LogP contribution in [0.2, 0.25) is 0 Å². The maximum absolute atomic E-state index is 11.3. The SMILES string of the molecule is Cc1cnnn1C1CCN(c2nc(C(=O)O)cc3nccn23)CC1. The van der Waals surface area contributed by atoms with Crippen LogP contribution in [0.1, 0.15) is 35.1 Å². The van der Waals surface area contributed by atoms with Crippen molar-refractivity contribution in [1.82, 2.24) is 29.4 Å². The number of piperidine rings is 1. The average molecular weight is 327 g/mol. The van der Waals surface area contributed by atoms with Gasteiger partial charge in [0.2, 0.25) is 5.95 Å². The third-order valence-corrected chi connectivity index (χ3v) is 4.44. The number of fused-ring (bicyclic) bond motifs is 1. The summed E-state index contributed by atoms with van der Waals surface area (Å²) in [4.78, 5) is 21.9. The van der Waals surface area contributed by atoms with Gasteiger partial charge in [-0.2, -0.15) is 0 Å². The van der Waals surface area contributed by atoms with E-state index in [0.717, 1.165) is 31.6 Å². The molecule has 1 N–H and O–H groups in total. The van der Waals surface area contributed by atoms with Crippen molar-refractivity contribution in [2.24, 2.45) is 0 Å². The van der Waals surface area contributed by atoms with Gasteiger partial charge in [-0.1, -0.05) is 5.21 Å². The third-order valence-electron chi connectivity index (χ3n) is 4.44. The van der Waals surface area contributed by atoms with Crippen molar-refractivity contribution in [2.75, 3.05) is 18.0 Å². The van der Waals surface area contributed by atoms with E-state index in [1.165, 1.54) is 6.07 Å². The van der Waals surface area contributed by atoms with Gasteiger partial charge in [-0.05, 0) is 19.8 Å². The first kappa shape index (κ1) is 14.6. The van der Waals surface area contributed by atoms with Gasteiger partial charge >= 0.3 is 5.97 Å². The Kier molecular flexibility index (Phi) is 3.40. The number of imidazole rings is 1. The van der Waals surface area contributed by atoms with Gasteiger partial charge < -0.3 is 10.0 Å². The number of aromatic carboxylic acids is 1. The number of aryl methyl sites for hydroxylation is 1. The lowest BCUT2D eigenvalue weighted by molar-refractivity contribution is 0.0690. The third kappa shape index (κ3) is 2.38. The Balaban J connectivity index is 1.61. The molecule has 0 atom stereocenters. The second kappa shape index (κ2) is 5.59. The molecule has 9 heteroatoms. The predicted octanol–water partition coefficient (Wildman–Crippen LogP) is 1.17. The number of carboxylic acid groups (broad SMARTS) is 1. The Morgan fingerprint density at radius 2 is 2.12 bits per heavy atom. The molecule has 4 rings (SSSR count). The first-order valence-electron chi connectivity index (χ1n) is 7.82. The molecule has 0 aliphatic carbocycles. The second-order valence-corrected chi connectivity index (χ2v) is 5.94. The first-order valence-corrected chi connectivity index (χ1v) is 7.82. The number of aromatic nitrogens is 6. The highest BCUT2D eigenvalue weighted by Crippen LogP contribution is 2.26. The second-order valence-electron chi connectivity index (χ2n) is 5.94. The number of hydrogen-bond acceptors (Lipinski definition) is 6. The topological polar surface area (TPSA) is 101 Å². The monoisotopic (exact) mass is 327 g/mol. The average Bonchev–Trinajstić information content (AvgIpc) is 3.22. The molecule has 0 radical (unpaired) electrons. The highest BCUT2D eigenvalue weighted by molar-refractivity contribution is 5.87. The van der Waals surface area contributed by atoms with Crippen molar-refractivity contribution in [3.05, 3.63) is 36.0 Å². The van der Waals surface area contributed by atoms with Gasteiger partial charge in [0.1, 0.15) is 5.65 Å². The van der Waals surface area contributed by atoms with Crippen molar-refractivity contribution in [3.63, 3.8) is 0 Å². The summed E-state index contributed by atoms with van der Waals surface area (Å²) in [7, 11) is 0. The molecule has 1 aliphatic heterocycles. The van der Waals surface area contributed by atoms with Gasteiger partial charge in [-0.3, -0.25) is 4.40 Å². The largest absolute Gasteiger partial charge is 0.477 e. The molecule has 1 aliphatic rings. The van der Waals surface area contributed by atoms with Gasteiger partial charge in [-0.15, -0.1) is 5.10 Å². The molecule has 1 saturated heterocycles. The summed E-state index contributed by atoms with van der Waals surface area (Å²) in [6.07, 6.45) is 7.02. The zero-order valence-corrected chi connectivity index (χ0v) is 13.2. The smallest absolute Gasteiger partial charge is 0.354 e. The van der Waals surface area contributed by atoms with Crippen molar-refractivity contribution in [1.29, 1.82) is 0 Å². The van der Waals surface area contributed by atoms with E-state index in [0.29, 0.717) is 17.6 Å². The Labute approximate surface area is 137 Å². The quantitative estimate of drug-likeness (QED) is 0.770. The van der Waals surface area contributed by atoms with Crippen LogP contribution in [-0.4, -0.2) is 53.5 Å². The molecule has 3 aromatic heterocycles. The summed E-state index contributed by atoms with van der Waals surface area (Å²) in [6, 6.07) is 1.79. The highest BCUT2D eigenvalue weighted by Gasteiger charge is 2.25. The molecule has 0 unspecified atom stereocenters. The maximum atomic E-state index is 11.3. The molecule has 0 saturated carbocycles. The molecule has 124 valence electrons. The molecule has 0 amide bonds. The highest BCUT2D eigenvalue weighted by atomic mass is 16.4. The van der Waals surface area contributed by atoms with Gasteiger partial charge in [0.15, 0.2) is 5.69 Å². The molecule has 0 spiro atoms. The van der Waals surface area contributed by atoms with Gasteiger partial charge in [0.25, 0.3) is 0 Å². The molecule has 0 aromatic carbocycles. The van der Waals surface area contributed by atoms with E-state index in [1.807, 2.05) is 16.0 Å². The number of carbonyl (C=O) groups is 1. The lowest BCUT2D eigenvalue weighted by Gasteiger charge is -2.33. The van der Waals surface area contributed by atoms with E-state index in [-0.39, 0.29) is 5.69 Å². The molecule has 0 bridgehead atoms. The summed E-state index contributed by atoms with van der Waals surface area (Å²) < 4.78 is 3.79. The summed E-state index contributed by atoms with van der Waals surface area (Å²) >= 11 is 0. The van der Waals surface area contributed by atoms with E-state index in [1.54, 1.807) is 18.6 Å². The molecule has 1 fully saturated rings. The van der Waals surface area contributed by atoms with Crippen LogP contribution in [0, 0.1) is 6.92 Å². The molecular formula is C15H17N7O2. The van der Waals surface area contributed by atoms with Crippen LogP contribution in [0.15, 0.2) is 24.7 Å². The molecule has 24 heavy (non-hydrogen) atoms. The molecular weight excluding hydrogens is 310 g/mol. The van der Waals surface area contributed by atoms with Crippen molar-refractivity contribution >= 4 is 17.6 Å². The first-order chi connectivity index (χ1) is 11.6. The normalized spacial score (nSPS) is 16.0. The maximum Gasteiger partial charge on any atom is 0.354 e. The van der Waals surface area contributed by atoms with Crippen LogP contribution in [0.25, 0.3) is 5.65 Å². The Morgan fingerprint density at radius 1 is 1.33 bits per heavy atom. The fraction of sp³-hybridized carbons (Fsp3) is 0.400. The van der Waals surface area contributed by atoms with Crippen molar-refractivity contribution in [3.8, 4) is 0 Å². The molecule has 3 aromatic rings. The van der Waals surface area contributed by atoms with Gasteiger partial charge in [0, 0.05) is 31.5 Å². The van der Waals surface area contributed by atoms with Crippen LogP contribution in [-0.2, 0) is 0 Å². The minimum absolute atomic E-state index is 0.0120. The van der Waals surface area contributed by atoms with Crippen LogP contribution in [0.5, 0.6) is 0 Å². The minimum Gasteiger partial charge on any atom is -0.477 e. The van der Waals surface area contributed by atoms with Crippen LogP contribution >= 0.6 is 0 Å². The standard InChI is InChI=1S/C15H17N7O2/c1-10-9-17-19-22(10)11-2-5-20(6-3-11)15-18-12(14(23)24)8-13-16-4-7-21(13)15/h4,7-9,11H,2-3,5-6H2,1H3,(H,23,24). The van der Waals surface area contributed by atoms with Crippen molar-refractivity contribution < 1.29 is 9.90 Å². The summed E-state index contributed by atoms with van der Waals surface area (Å²) in [5, 5.41) is 17.4. The number of nitrogens with zero attached hydrogens (tertiary/aromatic N) is 7. The lowest BCUT2D eigenvalue weighted by atomic mass is 10.1. The van der Waals surface area contributed by atoms with Gasteiger partial charge in [0.05, 0.1) is 17.9 Å². The summed E-state index contributed by atoms with van der Waals surface area (Å²) in [5.41, 5.74) is 1.65. The Morgan fingerprint density at radius 3 is 2.79 bits per heavy atom. The van der Waals surface area contributed by atoms with Crippen LogP contribution in [0.3, 0.4) is 0 Å². The zero-order valence-electron chi connectivity index (χ0n) is 13.2. The lowest BCUT2D eigenvalue weighted by Crippen LogP contribution is -2.37. The Bertz CT molecular complexity index is 892. The van der Waals surface area contributed by atoms with E-state index >= 15 is 0 Å². The number of rotatable bonds is 3. The van der Waals surface area contributed by atoms with E-state index in [9.17, 15) is 9.90 Å². The molecule has 9 nitrogen and oxygen atoms in total. The Hall–Kier alpha value is -2.97. The fourth-order valence-electron chi connectivity index (χ4n) is 3.21. The van der Waals surface area contributed by atoms with Gasteiger partial charge in [-0.25, -0.2) is 19.4 Å². The van der Waals surface area contributed by atoms with Crippen LogP contribution < -0.4 is 4.90 Å². The van der Waals surface area contributed by atoms with E-state index in [2.05, 4.69) is 25.2 Å². The minimum atomic E-state index is -1.05. The van der Waals surface area contributed by atoms with E-state index in [4.69, 9.17) is 0 Å².